The van der Waals surface area contributed by atoms with Crippen molar-refractivity contribution >= 4 is 58.2 Å². The van der Waals surface area contributed by atoms with Crippen molar-refractivity contribution in [3.8, 4) is 0 Å². The average Bonchev–Trinajstić information content (AvgIpc) is 2.98. The highest BCUT2D eigenvalue weighted by Crippen LogP contribution is 2.31. The molecule has 0 saturated heterocycles. The molecule has 0 aliphatic carbocycles. The summed E-state index contributed by atoms with van der Waals surface area (Å²) in [6.45, 7) is 13.7. The molecule has 2 aromatic carbocycles. The van der Waals surface area contributed by atoms with Crippen molar-refractivity contribution < 1.29 is 4.39 Å². The van der Waals surface area contributed by atoms with Gasteiger partial charge in [0, 0.05) is 22.9 Å². The number of nitrogens with one attached hydrogen (secondary N) is 2. The Bertz CT molecular complexity index is 1800. The van der Waals surface area contributed by atoms with E-state index in [0.29, 0.717) is 27.8 Å². The van der Waals surface area contributed by atoms with Crippen LogP contribution in [0.3, 0.4) is 0 Å². The van der Waals surface area contributed by atoms with Crippen molar-refractivity contribution in [2.45, 2.75) is 72.7 Å². The molecule has 2 unspecified atom stereocenters. The van der Waals surface area contributed by atoms with E-state index in [0.717, 1.165) is 43.8 Å². The van der Waals surface area contributed by atoms with Gasteiger partial charge in [0.05, 0.1) is 17.3 Å². The normalized spacial score (nSPS) is 13.0. The van der Waals surface area contributed by atoms with Gasteiger partial charge in [0.15, 0.2) is 0 Å². The van der Waals surface area contributed by atoms with Gasteiger partial charge in [-0.25, -0.2) is 18.5 Å². The Kier molecular flexibility index (Phi) is 13.2. The monoisotopic (exact) mass is 667 g/mol. The molecule has 7 nitrogen and oxygen atoms in total. The molecule has 3 aromatic rings. The molecule has 0 saturated carbocycles. The number of hydrogen-bond donors (Lipinski definition) is 2. The first-order chi connectivity index (χ1) is 21.3. The second-order valence-electron chi connectivity index (χ2n) is 10.8. The van der Waals surface area contributed by atoms with Crippen molar-refractivity contribution in [3.63, 3.8) is 0 Å². The minimum atomic E-state index is -0.704. The number of thioether (sulfide) groups is 1. The van der Waals surface area contributed by atoms with Gasteiger partial charge in [-0.15, -0.1) is 18.5 Å². The van der Waals surface area contributed by atoms with E-state index in [1.54, 1.807) is 49.9 Å². The topological polar surface area (TPSA) is 81.0 Å². The van der Waals surface area contributed by atoms with Gasteiger partial charge in [0.25, 0.3) is 0 Å². The first kappa shape index (κ1) is 36.2. The van der Waals surface area contributed by atoms with Crippen molar-refractivity contribution in [3.05, 3.63) is 108 Å². The quantitative estimate of drug-likeness (QED) is 0.128. The molecule has 0 spiro atoms. The largest absolute Gasteiger partial charge is 0.383 e. The van der Waals surface area contributed by atoms with E-state index in [1.165, 1.54) is 10.1 Å². The van der Waals surface area contributed by atoms with E-state index in [1.807, 2.05) is 46.0 Å². The second-order valence-corrected chi connectivity index (χ2v) is 13.2. The smallest absolute Gasteiger partial charge is 0.359 e. The molecule has 45 heavy (non-hydrogen) atoms. The Balaban J connectivity index is 2.25. The third-order valence-electron chi connectivity index (χ3n) is 7.16. The summed E-state index contributed by atoms with van der Waals surface area (Å²) in [7, 11) is 7.00. The molecule has 11 heteroatoms. The molecule has 0 radical (unpaired) electrons. The zero-order valence-corrected chi connectivity index (χ0v) is 30.5. The van der Waals surface area contributed by atoms with Crippen molar-refractivity contribution in [1.82, 2.24) is 19.4 Å². The van der Waals surface area contributed by atoms with Crippen LogP contribution >= 0.6 is 30.2 Å². The highest BCUT2D eigenvalue weighted by atomic mass is 32.2. The van der Waals surface area contributed by atoms with Gasteiger partial charge in [-0.1, -0.05) is 55.5 Å². The third-order valence-corrected chi connectivity index (χ3v) is 9.31. The molecule has 0 fully saturated rings. The van der Waals surface area contributed by atoms with E-state index < -0.39 is 11.4 Å². The number of nitrogens with zero attached hydrogens (tertiary/aromatic N) is 3. The molecule has 3 rings (SSSR count). The Morgan fingerprint density at radius 2 is 1.76 bits per heavy atom. The lowest BCUT2D eigenvalue weighted by Crippen LogP contribution is -2.42. The predicted molar refractivity (Wildman–Crippen MR) is 197 cm³/mol. The summed E-state index contributed by atoms with van der Waals surface area (Å²) in [6.07, 6.45) is 9.45. The molecule has 2 atom stereocenters. The van der Waals surface area contributed by atoms with Gasteiger partial charge in [-0.3, -0.25) is 4.57 Å². The second kappa shape index (κ2) is 16.4. The fourth-order valence-corrected chi connectivity index (χ4v) is 6.52. The van der Waals surface area contributed by atoms with Crippen LogP contribution in [0.1, 0.15) is 64.2 Å². The summed E-state index contributed by atoms with van der Waals surface area (Å²) in [4.78, 5) is 33.2. The van der Waals surface area contributed by atoms with Crippen LogP contribution in [0.15, 0.2) is 79.2 Å². The van der Waals surface area contributed by atoms with E-state index >= 15 is 0 Å². The highest BCUT2D eigenvalue weighted by Gasteiger charge is 2.18. The van der Waals surface area contributed by atoms with Crippen LogP contribution in [0, 0.1) is 19.7 Å². The lowest BCUT2D eigenvalue weighted by molar-refractivity contribution is 0.623. The molecule has 0 aliphatic heterocycles. The van der Waals surface area contributed by atoms with Gasteiger partial charge < -0.3 is 10.6 Å². The van der Waals surface area contributed by atoms with Crippen LogP contribution in [0.4, 0.5) is 16.0 Å². The first-order valence-electron chi connectivity index (χ1n) is 14.9. The van der Waals surface area contributed by atoms with Gasteiger partial charge >= 0.3 is 11.4 Å². The molecule has 0 bridgehead atoms. The minimum Gasteiger partial charge on any atom is -0.383 e. The van der Waals surface area contributed by atoms with Gasteiger partial charge in [-0.05, 0) is 99.3 Å². The van der Waals surface area contributed by atoms with Crippen LogP contribution < -0.4 is 32.6 Å². The number of allylic oxidation sites excluding steroid dienone is 7. The number of halogens is 1. The van der Waals surface area contributed by atoms with Crippen LogP contribution in [-0.4, -0.2) is 21.2 Å². The maximum atomic E-state index is 14.5. The number of anilines is 2. The molecule has 240 valence electrons. The molecular weight excluding hydrogens is 623 g/mol. The van der Waals surface area contributed by atoms with Crippen LogP contribution in [0.25, 0.3) is 5.70 Å². The molecule has 0 amide bonds. The Hall–Kier alpha value is -3.25. The summed E-state index contributed by atoms with van der Waals surface area (Å²) in [5.41, 5.74) is 4.15. The molecule has 0 aliphatic rings. The fourth-order valence-electron chi connectivity index (χ4n) is 4.69. The van der Waals surface area contributed by atoms with Crippen molar-refractivity contribution in [1.29, 1.82) is 0 Å². The molecule has 1 aromatic heterocycles. The lowest BCUT2D eigenvalue weighted by atomic mass is 10.1. The fraction of sp³-hybridized carbons (Fsp3) is 0.324. The summed E-state index contributed by atoms with van der Waals surface area (Å²) in [5.74, 6) is -0.229. The summed E-state index contributed by atoms with van der Waals surface area (Å²) in [6, 6.07) is 7.40. The summed E-state index contributed by atoms with van der Waals surface area (Å²) < 4.78 is 17.0. The molecule has 1 heterocycles. The summed E-state index contributed by atoms with van der Waals surface area (Å²) >= 11 is 1.60. The van der Waals surface area contributed by atoms with Crippen LogP contribution in [0.2, 0.25) is 0 Å². The lowest BCUT2D eigenvalue weighted by Gasteiger charge is -2.19. The average molecular weight is 668 g/mol. The SMILES string of the molecule is C\C=C(/C=C(C)\C=C(/C)CC)n1c(=O)nc(Nc2cc(S/C(=C/CC)NC)c(C)cc2P)n(Cc2cc(C)c(F)c(P)c2)c1=O. The highest BCUT2D eigenvalue weighted by molar-refractivity contribution is 8.03. The zero-order chi connectivity index (χ0) is 33.4. The number of rotatable bonds is 12. The van der Waals surface area contributed by atoms with Crippen molar-refractivity contribution in [2.24, 2.45) is 0 Å². The van der Waals surface area contributed by atoms with E-state index in [4.69, 9.17) is 0 Å². The third kappa shape index (κ3) is 9.16. The Morgan fingerprint density at radius 1 is 1.04 bits per heavy atom. The maximum absolute atomic E-state index is 14.5. The van der Waals surface area contributed by atoms with Crippen molar-refractivity contribution in [2.75, 3.05) is 12.4 Å². The first-order valence-corrected chi connectivity index (χ1v) is 16.8. The van der Waals surface area contributed by atoms with E-state index in [-0.39, 0.29) is 18.3 Å². The van der Waals surface area contributed by atoms with Crippen LogP contribution in [-0.2, 0) is 6.54 Å². The standard InChI is InChI=1S/C34H44FN5O2P2S/c1-9-12-30(36-8)45-29-18-26(27(43)16-22(29)6)37-32-38-33(41)40(25(11-3)14-21(5)13-20(4)10-2)34(42)39(32)19-24-15-23(7)31(35)28(44)17-24/h11-18,36H,9-10,19,43-44H2,1-8H3,(H,37,38,41)/b20-13+,21-14-,25-11+,30-12+. The van der Waals surface area contributed by atoms with E-state index in [2.05, 4.69) is 54.0 Å². The molecule has 2 N–H and O–H groups in total. The maximum Gasteiger partial charge on any atom is 0.359 e. The van der Waals surface area contributed by atoms with Gasteiger partial charge in [-0.2, -0.15) is 4.98 Å². The van der Waals surface area contributed by atoms with Gasteiger partial charge in [0.2, 0.25) is 5.95 Å². The minimum absolute atomic E-state index is 0.0638. The number of hydrogen-bond acceptors (Lipinski definition) is 6. The van der Waals surface area contributed by atoms with Crippen LogP contribution in [0.5, 0.6) is 0 Å². The van der Waals surface area contributed by atoms with Gasteiger partial charge in [0.1, 0.15) is 5.82 Å². The molecular formula is C34H44FN5O2P2S. The Labute approximate surface area is 274 Å². The number of benzene rings is 2. The Morgan fingerprint density at radius 3 is 2.36 bits per heavy atom. The number of aromatic nitrogens is 3. The predicted octanol–water partition coefficient (Wildman–Crippen LogP) is 6.68. The summed E-state index contributed by atoms with van der Waals surface area (Å²) in [5, 5.41) is 8.77. The zero-order valence-electron chi connectivity index (χ0n) is 27.3. The number of aryl methyl sites for hydroxylation is 2. The van der Waals surface area contributed by atoms with E-state index in [9.17, 15) is 14.0 Å².